The number of aryl methyl sites for hydroxylation is 2. The van der Waals surface area contributed by atoms with Gasteiger partial charge in [0.1, 0.15) is 4.34 Å². The van der Waals surface area contributed by atoms with Crippen LogP contribution in [0.3, 0.4) is 0 Å². The average Bonchev–Trinajstić information content (AvgIpc) is 3.45. The van der Waals surface area contributed by atoms with Gasteiger partial charge in [0.2, 0.25) is 17.6 Å². The molecule has 0 saturated heterocycles. The van der Waals surface area contributed by atoms with Gasteiger partial charge in [-0.1, -0.05) is 16.9 Å². The summed E-state index contributed by atoms with van der Waals surface area (Å²) in [7, 11) is 0. The Bertz CT molecular complexity index is 914. The van der Waals surface area contributed by atoms with Gasteiger partial charge in [-0.2, -0.15) is 4.98 Å². The molecule has 9 heteroatoms. The number of carbonyl (C=O) groups is 1. The molecule has 1 fully saturated rings. The third-order valence-corrected chi connectivity index (χ3v) is 7.34. The van der Waals surface area contributed by atoms with Gasteiger partial charge in [-0.25, -0.2) is 4.98 Å². The number of furan rings is 1. The fraction of sp³-hybridized carbons (Fsp3) is 0.500. The van der Waals surface area contributed by atoms with Crippen molar-refractivity contribution in [1.82, 2.24) is 20.4 Å². The van der Waals surface area contributed by atoms with Crippen LogP contribution in [-0.2, 0) is 11.2 Å². The van der Waals surface area contributed by atoms with E-state index in [2.05, 4.69) is 25.8 Å². The largest absolute Gasteiger partial charge is 0.461 e. The SMILES string of the molecule is Cc1csc(SC2CCC(NC(=O)CCCc3nc(-c4ccco4)no3)CC2)n1. The molecule has 3 aromatic heterocycles. The Balaban J connectivity index is 1.13. The normalized spacial score (nSPS) is 19.3. The quantitative estimate of drug-likeness (QED) is 0.554. The van der Waals surface area contributed by atoms with Crippen molar-refractivity contribution in [3.8, 4) is 11.6 Å². The summed E-state index contributed by atoms with van der Waals surface area (Å²) < 4.78 is 11.6. The van der Waals surface area contributed by atoms with Crippen LogP contribution in [0.25, 0.3) is 11.6 Å². The molecule has 0 unspecified atom stereocenters. The first kappa shape index (κ1) is 20.2. The van der Waals surface area contributed by atoms with Gasteiger partial charge in [0.05, 0.1) is 6.26 Å². The molecule has 1 aliphatic carbocycles. The van der Waals surface area contributed by atoms with Crippen molar-refractivity contribution in [2.75, 3.05) is 0 Å². The standard InChI is InChI=1S/C20H24N4O3S2/c1-13-12-28-20(21-13)29-15-9-7-14(8-10-15)22-17(25)5-2-6-18-23-19(24-27-18)16-4-3-11-26-16/h3-4,11-12,14-15H,2,5-10H2,1H3,(H,22,25). The zero-order valence-corrected chi connectivity index (χ0v) is 17.9. The molecule has 0 spiro atoms. The Morgan fingerprint density at radius 3 is 2.90 bits per heavy atom. The van der Waals surface area contributed by atoms with Crippen LogP contribution in [0.5, 0.6) is 0 Å². The second-order valence-electron chi connectivity index (χ2n) is 7.26. The molecule has 0 radical (unpaired) electrons. The Hall–Kier alpha value is -2.13. The zero-order valence-electron chi connectivity index (χ0n) is 16.3. The number of carbonyl (C=O) groups excluding carboxylic acids is 1. The summed E-state index contributed by atoms with van der Waals surface area (Å²) in [6, 6.07) is 3.85. The van der Waals surface area contributed by atoms with E-state index >= 15 is 0 Å². The molecule has 0 bridgehead atoms. The molecule has 0 atom stereocenters. The molecule has 0 aliphatic heterocycles. The number of nitrogens with zero attached hydrogens (tertiary/aromatic N) is 3. The molecule has 154 valence electrons. The van der Waals surface area contributed by atoms with Gasteiger partial charge >= 0.3 is 0 Å². The molecule has 7 nitrogen and oxygen atoms in total. The van der Waals surface area contributed by atoms with Gasteiger partial charge in [0.25, 0.3) is 0 Å². The first-order valence-corrected chi connectivity index (χ1v) is 11.7. The van der Waals surface area contributed by atoms with E-state index in [0.29, 0.717) is 42.0 Å². The molecule has 29 heavy (non-hydrogen) atoms. The maximum atomic E-state index is 12.3. The highest BCUT2D eigenvalue weighted by molar-refractivity contribution is 8.01. The number of hydrogen-bond acceptors (Lipinski definition) is 8. The number of aromatic nitrogens is 3. The molecule has 1 saturated carbocycles. The van der Waals surface area contributed by atoms with Crippen molar-refractivity contribution in [2.24, 2.45) is 0 Å². The van der Waals surface area contributed by atoms with Crippen molar-refractivity contribution >= 4 is 29.0 Å². The minimum atomic E-state index is 0.0995. The van der Waals surface area contributed by atoms with Crippen molar-refractivity contribution in [1.29, 1.82) is 0 Å². The van der Waals surface area contributed by atoms with Crippen LogP contribution in [0.2, 0.25) is 0 Å². The second kappa shape index (κ2) is 9.58. The molecule has 1 amide bonds. The first-order chi connectivity index (χ1) is 14.2. The van der Waals surface area contributed by atoms with E-state index in [0.717, 1.165) is 35.7 Å². The van der Waals surface area contributed by atoms with Gasteiger partial charge in [-0.3, -0.25) is 4.79 Å². The predicted molar refractivity (Wildman–Crippen MR) is 112 cm³/mol. The Morgan fingerprint density at radius 2 is 2.17 bits per heavy atom. The topological polar surface area (TPSA) is 94.1 Å². The van der Waals surface area contributed by atoms with Crippen molar-refractivity contribution in [3.63, 3.8) is 0 Å². The van der Waals surface area contributed by atoms with Crippen LogP contribution >= 0.6 is 23.1 Å². The summed E-state index contributed by atoms with van der Waals surface area (Å²) in [6.07, 6.45) is 7.59. The van der Waals surface area contributed by atoms with E-state index in [1.807, 2.05) is 18.7 Å². The van der Waals surface area contributed by atoms with Crippen LogP contribution in [0.1, 0.15) is 50.1 Å². The van der Waals surface area contributed by atoms with Gasteiger partial charge in [0, 0.05) is 35.2 Å². The van der Waals surface area contributed by atoms with E-state index in [-0.39, 0.29) is 11.9 Å². The fourth-order valence-corrected chi connectivity index (χ4v) is 5.70. The Labute approximate surface area is 177 Å². The minimum absolute atomic E-state index is 0.0995. The molecular weight excluding hydrogens is 408 g/mol. The zero-order chi connectivity index (χ0) is 20.1. The van der Waals surface area contributed by atoms with Crippen LogP contribution in [-0.4, -0.2) is 32.3 Å². The molecule has 1 aliphatic rings. The molecule has 4 rings (SSSR count). The van der Waals surface area contributed by atoms with Gasteiger partial charge < -0.3 is 14.3 Å². The summed E-state index contributed by atoms with van der Waals surface area (Å²) in [4.78, 5) is 21.1. The van der Waals surface area contributed by atoms with Gasteiger partial charge in [0.15, 0.2) is 5.76 Å². The van der Waals surface area contributed by atoms with Crippen LogP contribution in [0.15, 0.2) is 37.1 Å². The predicted octanol–water partition coefficient (Wildman–Crippen LogP) is 4.64. The minimum Gasteiger partial charge on any atom is -0.461 e. The summed E-state index contributed by atoms with van der Waals surface area (Å²) in [5, 5.41) is 9.78. The van der Waals surface area contributed by atoms with Gasteiger partial charge in [-0.15, -0.1) is 11.3 Å². The number of thioether (sulfide) groups is 1. The number of hydrogen-bond donors (Lipinski definition) is 1. The van der Waals surface area contributed by atoms with Crippen LogP contribution in [0, 0.1) is 6.92 Å². The van der Waals surface area contributed by atoms with Crippen LogP contribution < -0.4 is 5.32 Å². The first-order valence-electron chi connectivity index (χ1n) is 9.90. The molecule has 1 N–H and O–H groups in total. The monoisotopic (exact) mass is 432 g/mol. The lowest BCUT2D eigenvalue weighted by Crippen LogP contribution is -2.38. The third-order valence-electron chi connectivity index (χ3n) is 4.91. The Kier molecular flexibility index (Phi) is 6.66. The summed E-state index contributed by atoms with van der Waals surface area (Å²) in [5.41, 5.74) is 1.09. The maximum Gasteiger partial charge on any atom is 0.238 e. The second-order valence-corrected chi connectivity index (χ2v) is 9.66. The van der Waals surface area contributed by atoms with Crippen molar-refractivity contribution in [2.45, 2.75) is 67.5 Å². The smallest absolute Gasteiger partial charge is 0.238 e. The van der Waals surface area contributed by atoms with E-state index in [1.54, 1.807) is 29.7 Å². The highest BCUT2D eigenvalue weighted by atomic mass is 32.2. The van der Waals surface area contributed by atoms with E-state index < -0.39 is 0 Å². The lowest BCUT2D eigenvalue weighted by atomic mass is 9.95. The summed E-state index contributed by atoms with van der Waals surface area (Å²) in [5.74, 6) is 1.65. The van der Waals surface area contributed by atoms with Crippen molar-refractivity contribution in [3.05, 3.63) is 35.4 Å². The molecular formula is C20H24N4O3S2. The number of rotatable bonds is 8. The van der Waals surface area contributed by atoms with Crippen molar-refractivity contribution < 1.29 is 13.7 Å². The molecule has 3 heterocycles. The maximum absolute atomic E-state index is 12.3. The lowest BCUT2D eigenvalue weighted by molar-refractivity contribution is -0.122. The summed E-state index contributed by atoms with van der Waals surface area (Å²) in [6.45, 7) is 2.03. The highest BCUT2D eigenvalue weighted by Crippen LogP contribution is 2.35. The molecule has 0 aromatic carbocycles. The number of nitrogens with one attached hydrogen (secondary N) is 1. The van der Waals surface area contributed by atoms with E-state index in [1.165, 1.54) is 0 Å². The van der Waals surface area contributed by atoms with E-state index in [4.69, 9.17) is 8.94 Å². The third kappa shape index (κ3) is 5.70. The highest BCUT2D eigenvalue weighted by Gasteiger charge is 2.24. The summed E-state index contributed by atoms with van der Waals surface area (Å²) >= 11 is 3.61. The molecule has 3 aromatic rings. The Morgan fingerprint density at radius 1 is 1.31 bits per heavy atom. The van der Waals surface area contributed by atoms with Gasteiger partial charge in [-0.05, 0) is 51.2 Å². The van der Waals surface area contributed by atoms with Crippen LogP contribution in [0.4, 0.5) is 0 Å². The average molecular weight is 433 g/mol. The lowest BCUT2D eigenvalue weighted by Gasteiger charge is -2.28. The van der Waals surface area contributed by atoms with E-state index in [9.17, 15) is 4.79 Å². The number of amides is 1. The number of thiazole rings is 1. The fourth-order valence-electron chi connectivity index (χ4n) is 3.42.